The summed E-state index contributed by atoms with van der Waals surface area (Å²) in [4.78, 5) is 37.1. The van der Waals surface area contributed by atoms with Gasteiger partial charge in [0.25, 0.3) is 5.91 Å². The van der Waals surface area contributed by atoms with E-state index in [1.54, 1.807) is 20.8 Å². The lowest BCUT2D eigenvalue weighted by atomic mass is 10.2. The van der Waals surface area contributed by atoms with Gasteiger partial charge in [-0.2, -0.15) is 0 Å². The fraction of sp³-hybridized carbons (Fsp3) is 0.235. The Balaban J connectivity index is 1.91. The highest BCUT2D eigenvalue weighted by atomic mass is 16.6. The van der Waals surface area contributed by atoms with Crippen molar-refractivity contribution in [2.75, 3.05) is 0 Å². The first kappa shape index (κ1) is 19.6. The van der Waals surface area contributed by atoms with Crippen molar-refractivity contribution in [3.8, 4) is 11.5 Å². The molecule has 0 bridgehead atoms. The monoisotopic (exact) mass is 374 g/mol. The van der Waals surface area contributed by atoms with Crippen LogP contribution in [0.5, 0.6) is 11.5 Å². The standard InChI is InChI=1S/C17H18N4O6/c1-17(2,3)27-16(23)20-19-15(22)11-4-6-12(7-5-11)26-13-8-9-14(18-10-13)21(24)25/h4-10H,1-3H3,(H,19,22)(H,20,23). The van der Waals surface area contributed by atoms with Crippen molar-refractivity contribution in [3.05, 3.63) is 58.3 Å². The molecule has 27 heavy (non-hydrogen) atoms. The van der Waals surface area contributed by atoms with E-state index in [9.17, 15) is 19.7 Å². The Morgan fingerprint density at radius 2 is 1.67 bits per heavy atom. The smallest absolute Gasteiger partial charge is 0.426 e. The average molecular weight is 374 g/mol. The molecule has 0 atom stereocenters. The third-order valence-electron chi connectivity index (χ3n) is 2.94. The van der Waals surface area contributed by atoms with Crippen LogP contribution in [-0.2, 0) is 4.74 Å². The molecule has 0 aliphatic carbocycles. The van der Waals surface area contributed by atoms with Crippen molar-refractivity contribution in [2.45, 2.75) is 26.4 Å². The number of hydrazine groups is 1. The van der Waals surface area contributed by atoms with E-state index < -0.39 is 22.5 Å². The van der Waals surface area contributed by atoms with Gasteiger partial charge < -0.3 is 19.6 Å². The van der Waals surface area contributed by atoms with Crippen molar-refractivity contribution in [2.24, 2.45) is 0 Å². The van der Waals surface area contributed by atoms with Crippen LogP contribution < -0.4 is 15.6 Å². The number of hydrogen-bond donors (Lipinski definition) is 2. The van der Waals surface area contributed by atoms with Gasteiger partial charge in [0, 0.05) is 11.6 Å². The predicted molar refractivity (Wildman–Crippen MR) is 94.2 cm³/mol. The number of nitrogens with one attached hydrogen (secondary N) is 2. The first-order chi connectivity index (χ1) is 12.6. The van der Waals surface area contributed by atoms with E-state index in [4.69, 9.17) is 9.47 Å². The first-order valence-corrected chi connectivity index (χ1v) is 7.82. The van der Waals surface area contributed by atoms with E-state index in [1.807, 2.05) is 0 Å². The zero-order valence-corrected chi connectivity index (χ0v) is 14.9. The fourth-order valence-electron chi connectivity index (χ4n) is 1.83. The lowest BCUT2D eigenvalue weighted by Crippen LogP contribution is -2.44. The van der Waals surface area contributed by atoms with Crippen molar-refractivity contribution in [1.29, 1.82) is 0 Å². The second kappa shape index (κ2) is 8.13. The second-order valence-electron chi connectivity index (χ2n) is 6.32. The van der Waals surface area contributed by atoms with Crippen LogP contribution in [0, 0.1) is 10.1 Å². The van der Waals surface area contributed by atoms with Gasteiger partial charge in [0.1, 0.15) is 11.4 Å². The molecule has 1 aromatic heterocycles. The summed E-state index contributed by atoms with van der Waals surface area (Å²) in [5.74, 6) is -0.108. The van der Waals surface area contributed by atoms with Crippen LogP contribution in [0.4, 0.5) is 10.6 Å². The molecule has 0 saturated heterocycles. The van der Waals surface area contributed by atoms with Crippen LogP contribution in [-0.4, -0.2) is 27.5 Å². The van der Waals surface area contributed by atoms with Gasteiger partial charge in [-0.3, -0.25) is 10.2 Å². The third kappa shape index (κ3) is 6.27. The van der Waals surface area contributed by atoms with Crippen LogP contribution in [0.3, 0.4) is 0 Å². The fourth-order valence-corrected chi connectivity index (χ4v) is 1.83. The zero-order chi connectivity index (χ0) is 20.0. The van der Waals surface area contributed by atoms with Crippen molar-refractivity contribution >= 4 is 17.8 Å². The summed E-state index contributed by atoms with van der Waals surface area (Å²) in [6, 6.07) is 8.67. The summed E-state index contributed by atoms with van der Waals surface area (Å²) in [6.07, 6.45) is 0.449. The van der Waals surface area contributed by atoms with Crippen LogP contribution in [0.15, 0.2) is 42.6 Å². The third-order valence-corrected chi connectivity index (χ3v) is 2.94. The first-order valence-electron chi connectivity index (χ1n) is 7.82. The summed E-state index contributed by atoms with van der Waals surface area (Å²) in [7, 11) is 0. The van der Waals surface area contributed by atoms with Crippen molar-refractivity contribution < 1.29 is 24.0 Å². The Morgan fingerprint density at radius 3 is 2.19 bits per heavy atom. The van der Waals surface area contributed by atoms with E-state index >= 15 is 0 Å². The van der Waals surface area contributed by atoms with E-state index in [-0.39, 0.29) is 11.4 Å². The number of amides is 2. The number of carbonyl (C=O) groups excluding carboxylic acids is 2. The highest BCUT2D eigenvalue weighted by molar-refractivity contribution is 5.95. The van der Waals surface area contributed by atoms with Crippen LogP contribution in [0.2, 0.25) is 0 Å². The number of ether oxygens (including phenoxy) is 2. The number of benzene rings is 1. The molecule has 1 heterocycles. The maximum atomic E-state index is 12.0. The molecule has 0 unspecified atom stereocenters. The molecular weight excluding hydrogens is 356 g/mol. The highest BCUT2D eigenvalue weighted by Gasteiger charge is 2.17. The molecule has 2 amide bonds. The molecule has 0 aliphatic heterocycles. The van der Waals surface area contributed by atoms with Crippen LogP contribution in [0.25, 0.3) is 0 Å². The molecule has 0 aliphatic rings. The van der Waals surface area contributed by atoms with E-state index in [2.05, 4.69) is 15.8 Å². The van der Waals surface area contributed by atoms with Gasteiger partial charge in [0.2, 0.25) is 0 Å². The largest absolute Gasteiger partial charge is 0.453 e. The summed E-state index contributed by atoms with van der Waals surface area (Å²) < 4.78 is 10.5. The molecule has 0 saturated carbocycles. The molecule has 10 heteroatoms. The minimum Gasteiger partial charge on any atom is -0.453 e. The molecule has 0 radical (unpaired) electrons. The molecule has 2 aromatic rings. The van der Waals surface area contributed by atoms with Gasteiger partial charge in [-0.25, -0.2) is 10.2 Å². The summed E-state index contributed by atoms with van der Waals surface area (Å²) in [5.41, 5.74) is 3.98. The van der Waals surface area contributed by atoms with E-state index in [0.29, 0.717) is 11.5 Å². The van der Waals surface area contributed by atoms with E-state index in [1.165, 1.54) is 42.6 Å². The van der Waals surface area contributed by atoms with E-state index in [0.717, 1.165) is 0 Å². The predicted octanol–water partition coefficient (Wildman–Crippen LogP) is 2.95. The SMILES string of the molecule is CC(C)(C)OC(=O)NNC(=O)c1ccc(Oc2ccc([N+](=O)[O-])nc2)cc1. The maximum absolute atomic E-state index is 12.0. The number of rotatable bonds is 4. The normalized spacial score (nSPS) is 10.6. The van der Waals surface area contributed by atoms with Gasteiger partial charge in [-0.15, -0.1) is 0 Å². The Kier molecular flexibility index (Phi) is 5.91. The number of hydrogen-bond acceptors (Lipinski definition) is 7. The minimum atomic E-state index is -0.776. The number of nitrogens with zero attached hydrogens (tertiary/aromatic N) is 2. The quantitative estimate of drug-likeness (QED) is 0.621. The molecular formula is C17H18N4O6. The van der Waals surface area contributed by atoms with Crippen LogP contribution >= 0.6 is 0 Å². The summed E-state index contributed by atoms with van der Waals surface area (Å²) in [6.45, 7) is 5.11. The van der Waals surface area contributed by atoms with Crippen LogP contribution in [0.1, 0.15) is 31.1 Å². The van der Waals surface area contributed by atoms with Crippen molar-refractivity contribution in [3.63, 3.8) is 0 Å². The minimum absolute atomic E-state index is 0.278. The number of aromatic nitrogens is 1. The summed E-state index contributed by atoms with van der Waals surface area (Å²) >= 11 is 0. The Hall–Kier alpha value is -3.69. The second-order valence-corrected chi connectivity index (χ2v) is 6.32. The molecule has 2 N–H and O–H groups in total. The van der Waals surface area contributed by atoms with Gasteiger partial charge in [0.15, 0.2) is 11.9 Å². The molecule has 0 fully saturated rings. The molecule has 1 aromatic carbocycles. The average Bonchev–Trinajstić information content (AvgIpc) is 2.59. The Labute approximate surface area is 154 Å². The lowest BCUT2D eigenvalue weighted by Gasteiger charge is -2.19. The lowest BCUT2D eigenvalue weighted by molar-refractivity contribution is -0.389. The molecule has 10 nitrogen and oxygen atoms in total. The van der Waals surface area contributed by atoms with Gasteiger partial charge in [0.05, 0.1) is 0 Å². The number of pyridine rings is 1. The van der Waals surface area contributed by atoms with Crippen molar-refractivity contribution in [1.82, 2.24) is 15.8 Å². The van der Waals surface area contributed by atoms with Gasteiger partial charge >= 0.3 is 11.9 Å². The maximum Gasteiger partial charge on any atom is 0.426 e. The molecule has 142 valence electrons. The number of carbonyl (C=O) groups is 2. The Bertz CT molecular complexity index is 828. The zero-order valence-electron chi connectivity index (χ0n) is 14.9. The number of nitro groups is 1. The highest BCUT2D eigenvalue weighted by Crippen LogP contribution is 2.22. The Morgan fingerprint density at radius 1 is 1.04 bits per heavy atom. The van der Waals surface area contributed by atoms with Gasteiger partial charge in [-0.1, -0.05) is 0 Å². The summed E-state index contributed by atoms with van der Waals surface area (Å²) in [5, 5.41) is 10.6. The van der Waals surface area contributed by atoms with Gasteiger partial charge in [-0.05, 0) is 61.0 Å². The topological polar surface area (TPSA) is 133 Å². The molecule has 0 spiro atoms. The molecule has 2 rings (SSSR count).